The molecule has 0 spiro atoms. The number of nitrogens with one attached hydrogen (secondary N) is 2. The van der Waals surface area contributed by atoms with Crippen LogP contribution in [0.1, 0.15) is 22.3 Å². The predicted molar refractivity (Wildman–Crippen MR) is 105 cm³/mol. The van der Waals surface area contributed by atoms with Crippen LogP contribution in [0.3, 0.4) is 0 Å². The standard InChI is InChI=1S/C20H24N2O5S/c1-14-8-9-18(10-16(14)3)28(25,26)22-11-19(23)21-12-20(24)27-13-17-7-5-4-6-15(17)2/h4-10,22H,11-13H2,1-3H3,(H,21,23). The third-order valence-corrected chi connectivity index (χ3v) is 5.69. The molecule has 0 radical (unpaired) electrons. The summed E-state index contributed by atoms with van der Waals surface area (Å²) in [6, 6.07) is 12.2. The third kappa shape index (κ3) is 6.17. The second-order valence-corrected chi connectivity index (χ2v) is 8.20. The highest BCUT2D eigenvalue weighted by atomic mass is 32.2. The van der Waals surface area contributed by atoms with E-state index in [0.29, 0.717) is 0 Å². The number of aryl methyl sites for hydroxylation is 3. The first-order valence-corrected chi connectivity index (χ1v) is 10.2. The van der Waals surface area contributed by atoms with Crippen molar-refractivity contribution >= 4 is 21.9 Å². The summed E-state index contributed by atoms with van der Waals surface area (Å²) in [4.78, 5) is 23.7. The number of benzene rings is 2. The van der Waals surface area contributed by atoms with Crippen molar-refractivity contribution in [2.75, 3.05) is 13.1 Å². The largest absolute Gasteiger partial charge is 0.459 e. The van der Waals surface area contributed by atoms with Gasteiger partial charge in [0.1, 0.15) is 13.2 Å². The molecule has 0 aliphatic carbocycles. The Hall–Kier alpha value is -2.71. The van der Waals surface area contributed by atoms with Crippen molar-refractivity contribution < 1.29 is 22.7 Å². The average Bonchev–Trinajstić information content (AvgIpc) is 2.66. The van der Waals surface area contributed by atoms with Crippen molar-refractivity contribution in [2.24, 2.45) is 0 Å². The molecule has 2 aromatic carbocycles. The van der Waals surface area contributed by atoms with Crippen LogP contribution in [0.2, 0.25) is 0 Å². The molecule has 1 amide bonds. The number of sulfonamides is 1. The first-order valence-electron chi connectivity index (χ1n) is 8.73. The third-order valence-electron chi connectivity index (χ3n) is 4.29. The van der Waals surface area contributed by atoms with Crippen molar-refractivity contribution in [3.63, 3.8) is 0 Å². The van der Waals surface area contributed by atoms with Gasteiger partial charge in [-0.2, -0.15) is 0 Å². The Morgan fingerprint density at radius 1 is 0.929 bits per heavy atom. The van der Waals surface area contributed by atoms with E-state index in [-0.39, 0.29) is 18.0 Å². The van der Waals surface area contributed by atoms with Crippen LogP contribution in [0.15, 0.2) is 47.4 Å². The van der Waals surface area contributed by atoms with E-state index in [4.69, 9.17) is 4.74 Å². The van der Waals surface area contributed by atoms with Crippen molar-refractivity contribution in [1.82, 2.24) is 10.0 Å². The Kier molecular flexibility index (Phi) is 7.31. The lowest BCUT2D eigenvalue weighted by Crippen LogP contribution is -2.39. The van der Waals surface area contributed by atoms with Gasteiger partial charge in [0.05, 0.1) is 11.4 Å². The Morgan fingerprint density at radius 3 is 2.32 bits per heavy atom. The molecule has 28 heavy (non-hydrogen) atoms. The van der Waals surface area contributed by atoms with Gasteiger partial charge in [-0.05, 0) is 55.2 Å². The Labute approximate surface area is 165 Å². The molecule has 0 atom stereocenters. The van der Waals surface area contributed by atoms with Crippen LogP contribution in [0.4, 0.5) is 0 Å². The number of hydrogen-bond acceptors (Lipinski definition) is 5. The molecular formula is C20H24N2O5S. The number of carbonyl (C=O) groups is 2. The number of amides is 1. The first kappa shape index (κ1) is 21.6. The average molecular weight is 404 g/mol. The van der Waals surface area contributed by atoms with Gasteiger partial charge in [-0.1, -0.05) is 30.3 Å². The topological polar surface area (TPSA) is 102 Å². The maximum atomic E-state index is 12.2. The summed E-state index contributed by atoms with van der Waals surface area (Å²) in [6.45, 7) is 4.90. The fourth-order valence-electron chi connectivity index (χ4n) is 2.34. The minimum absolute atomic E-state index is 0.0843. The van der Waals surface area contributed by atoms with Gasteiger partial charge >= 0.3 is 5.97 Å². The normalized spacial score (nSPS) is 11.1. The molecule has 2 rings (SSSR count). The molecule has 0 bridgehead atoms. The van der Waals surface area contributed by atoms with Crippen LogP contribution in [0, 0.1) is 20.8 Å². The molecule has 0 fully saturated rings. The molecule has 0 unspecified atom stereocenters. The molecule has 0 aromatic heterocycles. The zero-order valence-corrected chi connectivity index (χ0v) is 16.9. The van der Waals surface area contributed by atoms with Gasteiger partial charge in [0.25, 0.3) is 0 Å². The van der Waals surface area contributed by atoms with E-state index in [1.54, 1.807) is 12.1 Å². The second-order valence-electron chi connectivity index (χ2n) is 6.43. The molecule has 0 saturated carbocycles. The van der Waals surface area contributed by atoms with Crippen LogP contribution in [0.25, 0.3) is 0 Å². The smallest absolute Gasteiger partial charge is 0.325 e. The molecular weight excluding hydrogens is 380 g/mol. The van der Waals surface area contributed by atoms with Crippen molar-refractivity contribution in [3.05, 3.63) is 64.7 Å². The van der Waals surface area contributed by atoms with Gasteiger partial charge in [0.15, 0.2) is 0 Å². The summed E-state index contributed by atoms with van der Waals surface area (Å²) < 4.78 is 31.8. The summed E-state index contributed by atoms with van der Waals surface area (Å²) >= 11 is 0. The first-order chi connectivity index (χ1) is 13.2. The lowest BCUT2D eigenvalue weighted by atomic mass is 10.1. The molecule has 7 nitrogen and oxygen atoms in total. The second kappa shape index (κ2) is 9.48. The fraction of sp³-hybridized carbons (Fsp3) is 0.300. The monoisotopic (exact) mass is 404 g/mol. The van der Waals surface area contributed by atoms with Crippen LogP contribution in [0.5, 0.6) is 0 Å². The van der Waals surface area contributed by atoms with Crippen LogP contribution in [-0.2, 0) is 31.0 Å². The predicted octanol–water partition coefficient (Wildman–Crippen LogP) is 1.75. The number of hydrogen-bond donors (Lipinski definition) is 2. The van der Waals surface area contributed by atoms with Gasteiger partial charge in [-0.3, -0.25) is 9.59 Å². The molecule has 150 valence electrons. The molecule has 0 saturated heterocycles. The van der Waals surface area contributed by atoms with E-state index in [0.717, 1.165) is 22.3 Å². The molecule has 8 heteroatoms. The summed E-state index contributed by atoms with van der Waals surface area (Å²) in [6.07, 6.45) is 0. The van der Waals surface area contributed by atoms with E-state index in [1.165, 1.54) is 6.07 Å². The fourth-order valence-corrected chi connectivity index (χ4v) is 3.41. The van der Waals surface area contributed by atoms with Crippen molar-refractivity contribution in [1.29, 1.82) is 0 Å². The zero-order valence-electron chi connectivity index (χ0n) is 16.1. The van der Waals surface area contributed by atoms with Gasteiger partial charge in [-0.15, -0.1) is 0 Å². The van der Waals surface area contributed by atoms with Crippen LogP contribution in [-0.4, -0.2) is 33.4 Å². The van der Waals surface area contributed by atoms with Crippen molar-refractivity contribution in [2.45, 2.75) is 32.3 Å². The molecule has 2 aromatic rings. The van der Waals surface area contributed by atoms with E-state index < -0.39 is 28.4 Å². The SMILES string of the molecule is Cc1ccc(S(=O)(=O)NCC(=O)NCC(=O)OCc2ccccc2C)cc1C. The quantitative estimate of drug-likeness (QED) is 0.653. The zero-order chi connectivity index (χ0) is 20.7. The molecule has 2 N–H and O–H groups in total. The van der Waals surface area contributed by atoms with Crippen LogP contribution < -0.4 is 10.0 Å². The summed E-state index contributed by atoms with van der Waals surface area (Å²) in [5.41, 5.74) is 3.69. The maximum Gasteiger partial charge on any atom is 0.325 e. The Balaban J connectivity index is 1.78. The van der Waals surface area contributed by atoms with Crippen molar-refractivity contribution in [3.8, 4) is 0 Å². The number of carbonyl (C=O) groups excluding carboxylic acids is 2. The lowest BCUT2D eigenvalue weighted by Gasteiger charge is -2.10. The lowest BCUT2D eigenvalue weighted by molar-refractivity contribution is -0.145. The molecule has 0 aliphatic rings. The highest BCUT2D eigenvalue weighted by Crippen LogP contribution is 2.14. The van der Waals surface area contributed by atoms with Gasteiger partial charge in [0, 0.05) is 0 Å². The van der Waals surface area contributed by atoms with Gasteiger partial charge in [-0.25, -0.2) is 13.1 Å². The van der Waals surface area contributed by atoms with Crippen LogP contribution >= 0.6 is 0 Å². The van der Waals surface area contributed by atoms with E-state index in [1.807, 2.05) is 45.0 Å². The summed E-state index contributed by atoms with van der Waals surface area (Å²) in [5, 5.41) is 2.34. The molecule has 0 aliphatic heterocycles. The Morgan fingerprint density at radius 2 is 1.64 bits per heavy atom. The van der Waals surface area contributed by atoms with E-state index >= 15 is 0 Å². The maximum absolute atomic E-state index is 12.2. The number of esters is 1. The minimum atomic E-state index is -3.81. The summed E-state index contributed by atoms with van der Waals surface area (Å²) in [5.74, 6) is -1.23. The van der Waals surface area contributed by atoms with E-state index in [9.17, 15) is 18.0 Å². The summed E-state index contributed by atoms with van der Waals surface area (Å²) in [7, 11) is -3.81. The van der Waals surface area contributed by atoms with Gasteiger partial charge < -0.3 is 10.1 Å². The molecule has 0 heterocycles. The Bertz CT molecular complexity index is 970. The number of rotatable bonds is 8. The number of ether oxygens (including phenoxy) is 1. The highest BCUT2D eigenvalue weighted by Gasteiger charge is 2.16. The highest BCUT2D eigenvalue weighted by molar-refractivity contribution is 7.89. The minimum Gasteiger partial charge on any atom is -0.459 e. The van der Waals surface area contributed by atoms with Gasteiger partial charge in [0.2, 0.25) is 15.9 Å². The van der Waals surface area contributed by atoms with E-state index in [2.05, 4.69) is 10.0 Å².